The molecule has 0 radical (unpaired) electrons. The summed E-state index contributed by atoms with van der Waals surface area (Å²) >= 11 is 0. The fourth-order valence-corrected chi connectivity index (χ4v) is 3.05. The molecule has 0 fully saturated rings. The second kappa shape index (κ2) is 10.3. The average molecular weight is 417 g/mol. The molecule has 0 aliphatic carbocycles. The smallest absolute Gasteiger partial charge is 0.330 e. The number of ketones is 1. The molecule has 10 heteroatoms. The minimum absolute atomic E-state index is 0.00708. The number of H-pyrrole nitrogens is 1. The molecule has 0 aromatic carbocycles. The lowest BCUT2D eigenvalue weighted by Gasteiger charge is -2.37. The number of ether oxygens (including phenoxy) is 2. The summed E-state index contributed by atoms with van der Waals surface area (Å²) in [5.74, 6) is -0.174. The largest absolute Gasteiger partial charge is 0.414 e. The molecule has 0 spiro atoms. The Hall–Kier alpha value is -1.59. The highest BCUT2D eigenvalue weighted by Gasteiger charge is 2.37. The van der Waals surface area contributed by atoms with Gasteiger partial charge in [-0.2, -0.15) is 0 Å². The number of carbonyl (C=O) groups excluding carboxylic acids is 1. The summed E-state index contributed by atoms with van der Waals surface area (Å²) in [5.41, 5.74) is -1.21. The molecule has 28 heavy (non-hydrogen) atoms. The van der Waals surface area contributed by atoms with Crippen LogP contribution < -0.4 is 11.2 Å². The lowest BCUT2D eigenvalue weighted by atomic mass is 10.2. The van der Waals surface area contributed by atoms with Gasteiger partial charge in [0, 0.05) is 12.3 Å². The van der Waals surface area contributed by atoms with Crippen LogP contribution in [0.4, 0.5) is 0 Å². The van der Waals surface area contributed by atoms with Crippen molar-refractivity contribution < 1.29 is 23.8 Å². The predicted molar refractivity (Wildman–Crippen MR) is 107 cm³/mol. The van der Waals surface area contributed by atoms with E-state index >= 15 is 0 Å². The average Bonchev–Trinajstić information content (AvgIpc) is 2.56. The van der Waals surface area contributed by atoms with Crippen LogP contribution in [0.1, 0.15) is 33.9 Å². The third-order valence-electron chi connectivity index (χ3n) is 4.72. The number of nitrogens with zero attached hydrogens (tertiary/aromatic N) is 1. The number of aromatic amines is 1. The molecule has 1 heterocycles. The highest BCUT2D eigenvalue weighted by atomic mass is 28.4. The Bertz CT molecular complexity index is 751. The number of Topliss-reactive ketones (excluding diaryl/α,β-unsaturated/α-hetero) is 1. The zero-order valence-corrected chi connectivity index (χ0v) is 18.5. The third-order valence-corrected chi connectivity index (χ3v) is 9.22. The first-order chi connectivity index (χ1) is 12.9. The van der Waals surface area contributed by atoms with Gasteiger partial charge >= 0.3 is 5.69 Å². The van der Waals surface area contributed by atoms with E-state index in [-0.39, 0.29) is 37.2 Å². The van der Waals surface area contributed by atoms with E-state index in [4.69, 9.17) is 13.9 Å². The highest BCUT2D eigenvalue weighted by Crippen LogP contribution is 2.36. The monoisotopic (exact) mass is 416 g/mol. The maximum atomic E-state index is 12.1. The summed E-state index contributed by atoms with van der Waals surface area (Å²) in [6.45, 7) is 11.4. The van der Waals surface area contributed by atoms with Gasteiger partial charge in [0.25, 0.3) is 5.56 Å². The minimum atomic E-state index is -2.06. The summed E-state index contributed by atoms with van der Waals surface area (Å²) < 4.78 is 18.4. The molecule has 1 rings (SSSR count). The van der Waals surface area contributed by atoms with Crippen molar-refractivity contribution in [2.24, 2.45) is 0 Å². The van der Waals surface area contributed by atoms with E-state index in [1.54, 1.807) is 0 Å². The summed E-state index contributed by atoms with van der Waals surface area (Å²) in [6.07, 6.45) is -0.366. The van der Waals surface area contributed by atoms with Crippen molar-refractivity contribution in [3.8, 4) is 0 Å². The summed E-state index contributed by atoms with van der Waals surface area (Å²) in [5, 5.41) is 9.71. The predicted octanol–water partition coefficient (Wildman–Crippen LogP) is 1.04. The van der Waals surface area contributed by atoms with Crippen molar-refractivity contribution in [1.82, 2.24) is 9.55 Å². The molecule has 160 valence electrons. The summed E-state index contributed by atoms with van der Waals surface area (Å²) in [7, 11) is -2.06. The van der Waals surface area contributed by atoms with E-state index in [2.05, 4.69) is 38.8 Å². The molecular weight excluding hydrogens is 384 g/mol. The molecule has 0 saturated carbocycles. The second-order valence-electron chi connectivity index (χ2n) is 8.20. The number of aliphatic hydroxyl groups excluding tert-OH is 1. The van der Waals surface area contributed by atoms with Crippen LogP contribution in [0.25, 0.3) is 0 Å². The van der Waals surface area contributed by atoms with Crippen LogP contribution in [0.15, 0.2) is 21.9 Å². The molecule has 0 aliphatic heterocycles. The molecule has 0 aliphatic rings. The Morgan fingerprint density at radius 3 is 2.43 bits per heavy atom. The van der Waals surface area contributed by atoms with Gasteiger partial charge < -0.3 is 19.0 Å². The van der Waals surface area contributed by atoms with Crippen molar-refractivity contribution in [1.29, 1.82) is 0 Å². The second-order valence-corrected chi connectivity index (χ2v) is 13.0. The van der Waals surface area contributed by atoms with Crippen LogP contribution in [-0.4, -0.2) is 61.3 Å². The fourth-order valence-electron chi connectivity index (χ4n) is 2.02. The molecule has 2 atom stereocenters. The quantitative estimate of drug-likeness (QED) is 0.517. The van der Waals surface area contributed by atoms with Gasteiger partial charge in [-0.05, 0) is 25.1 Å². The Morgan fingerprint density at radius 2 is 1.93 bits per heavy atom. The van der Waals surface area contributed by atoms with E-state index in [0.717, 1.165) is 4.57 Å². The fraction of sp³-hybridized carbons (Fsp3) is 0.722. The zero-order valence-electron chi connectivity index (χ0n) is 17.5. The molecular formula is C18H32N2O7Si. The lowest BCUT2D eigenvalue weighted by molar-refractivity contribution is -0.134. The Kier molecular flexibility index (Phi) is 8.96. The Balaban J connectivity index is 2.94. The van der Waals surface area contributed by atoms with Gasteiger partial charge in [-0.1, -0.05) is 20.8 Å². The third kappa shape index (κ3) is 7.44. The minimum Gasteiger partial charge on any atom is -0.414 e. The van der Waals surface area contributed by atoms with Gasteiger partial charge in [-0.3, -0.25) is 19.1 Å². The van der Waals surface area contributed by atoms with Gasteiger partial charge in [-0.15, -0.1) is 0 Å². The summed E-state index contributed by atoms with van der Waals surface area (Å²) in [4.78, 5) is 36.7. The van der Waals surface area contributed by atoms with Gasteiger partial charge in [0.15, 0.2) is 20.3 Å². The molecule has 0 saturated heterocycles. The van der Waals surface area contributed by atoms with Crippen LogP contribution >= 0.6 is 0 Å². The molecule has 1 aromatic heterocycles. The van der Waals surface area contributed by atoms with E-state index in [0.29, 0.717) is 0 Å². The van der Waals surface area contributed by atoms with Crippen LogP contribution in [-0.2, 0) is 18.7 Å². The molecule has 2 N–H and O–H groups in total. The molecule has 0 unspecified atom stereocenters. The number of aliphatic hydroxyl groups is 1. The zero-order chi connectivity index (χ0) is 21.5. The van der Waals surface area contributed by atoms with E-state index < -0.39 is 31.9 Å². The lowest BCUT2D eigenvalue weighted by Crippen LogP contribution is -2.44. The van der Waals surface area contributed by atoms with E-state index in [1.165, 1.54) is 19.2 Å². The number of nitrogens with one attached hydrogen (secondary N) is 1. The first kappa shape index (κ1) is 24.4. The standard InChI is InChI=1S/C18H32N2O7Si/c1-13(22)10-25-12-16(20-8-7-15(23)19-17(20)24)27-14(9-21)11-26-28(5,6)18(2,3)4/h7-8,14,16,21H,9-12H2,1-6H3,(H,19,23,24)/t14-,16-/m1/s1. The first-order valence-electron chi connectivity index (χ1n) is 9.16. The van der Waals surface area contributed by atoms with Crippen LogP contribution in [0.3, 0.4) is 0 Å². The van der Waals surface area contributed by atoms with Crippen molar-refractivity contribution in [3.63, 3.8) is 0 Å². The SMILES string of the molecule is CC(=O)COC[C@@H](O[C@H](CO)CO[Si](C)(C)C(C)(C)C)n1ccc(=O)[nH]c1=O. The highest BCUT2D eigenvalue weighted by molar-refractivity contribution is 6.74. The number of hydrogen-bond donors (Lipinski definition) is 2. The van der Waals surface area contributed by atoms with Gasteiger partial charge in [0.05, 0.1) is 19.8 Å². The van der Waals surface area contributed by atoms with Gasteiger partial charge in [-0.25, -0.2) is 4.79 Å². The van der Waals surface area contributed by atoms with Crippen LogP contribution in [0.5, 0.6) is 0 Å². The van der Waals surface area contributed by atoms with Crippen molar-refractivity contribution in [2.75, 3.05) is 26.4 Å². The van der Waals surface area contributed by atoms with Crippen molar-refractivity contribution in [2.45, 2.75) is 58.2 Å². The maximum Gasteiger partial charge on any atom is 0.330 e. The normalized spacial score (nSPS) is 14.7. The van der Waals surface area contributed by atoms with Crippen LogP contribution in [0, 0.1) is 0 Å². The molecule has 9 nitrogen and oxygen atoms in total. The van der Waals surface area contributed by atoms with Crippen LogP contribution in [0.2, 0.25) is 18.1 Å². The number of carbonyl (C=O) groups is 1. The Labute approximate surface area is 165 Å². The maximum absolute atomic E-state index is 12.1. The van der Waals surface area contributed by atoms with E-state index in [9.17, 15) is 19.5 Å². The van der Waals surface area contributed by atoms with E-state index in [1.807, 2.05) is 0 Å². The molecule has 1 aromatic rings. The molecule has 0 bridgehead atoms. The van der Waals surface area contributed by atoms with Crippen molar-refractivity contribution in [3.05, 3.63) is 33.1 Å². The topological polar surface area (TPSA) is 120 Å². The van der Waals surface area contributed by atoms with Gasteiger partial charge in [0.1, 0.15) is 12.7 Å². The van der Waals surface area contributed by atoms with Gasteiger partial charge in [0.2, 0.25) is 0 Å². The molecule has 0 amide bonds. The first-order valence-corrected chi connectivity index (χ1v) is 12.1. The summed E-state index contributed by atoms with van der Waals surface area (Å²) in [6, 6.07) is 1.18. The van der Waals surface area contributed by atoms with Crippen molar-refractivity contribution >= 4 is 14.1 Å². The number of hydrogen-bond acceptors (Lipinski definition) is 7. The number of aromatic nitrogens is 2. The Morgan fingerprint density at radius 1 is 1.29 bits per heavy atom. The number of rotatable bonds is 11.